The summed E-state index contributed by atoms with van der Waals surface area (Å²) < 4.78 is 0. The molecule has 0 aliphatic carbocycles. The highest BCUT2D eigenvalue weighted by molar-refractivity contribution is 7.07. The van der Waals surface area contributed by atoms with Crippen LogP contribution in [0.15, 0.2) is 34.4 Å². The molecule has 0 saturated heterocycles. The molecule has 90 valence electrons. The molecule has 0 fully saturated rings. The number of nitrogens with one attached hydrogen (secondary N) is 2. The summed E-state index contributed by atoms with van der Waals surface area (Å²) in [7, 11) is 0. The van der Waals surface area contributed by atoms with Crippen LogP contribution in [0.1, 0.15) is 16.8 Å². The molecule has 0 atom stereocenters. The predicted molar refractivity (Wildman–Crippen MR) is 69.8 cm³/mol. The first-order valence-corrected chi connectivity index (χ1v) is 6.31. The van der Waals surface area contributed by atoms with Gasteiger partial charge in [0.15, 0.2) is 0 Å². The van der Waals surface area contributed by atoms with Gasteiger partial charge in [-0.25, -0.2) is 0 Å². The van der Waals surface area contributed by atoms with Crippen molar-refractivity contribution in [2.45, 2.75) is 19.6 Å². The fourth-order valence-corrected chi connectivity index (χ4v) is 2.12. The van der Waals surface area contributed by atoms with E-state index in [4.69, 9.17) is 5.73 Å². The average Bonchev–Trinajstić information content (AvgIpc) is 2.76. The highest BCUT2D eigenvalue weighted by Crippen LogP contribution is 2.04. The van der Waals surface area contributed by atoms with E-state index in [1.807, 2.05) is 17.5 Å². The number of aromatic amines is 1. The molecule has 1 aromatic carbocycles. The van der Waals surface area contributed by atoms with Crippen LogP contribution in [-0.2, 0) is 19.6 Å². The van der Waals surface area contributed by atoms with E-state index < -0.39 is 0 Å². The molecule has 5 heteroatoms. The fourth-order valence-electron chi connectivity index (χ4n) is 1.54. The van der Waals surface area contributed by atoms with Crippen molar-refractivity contribution in [1.82, 2.24) is 10.3 Å². The lowest BCUT2D eigenvalue weighted by Gasteiger charge is -2.04. The lowest BCUT2D eigenvalue weighted by Crippen LogP contribution is -2.13. The van der Waals surface area contributed by atoms with E-state index in [2.05, 4.69) is 22.4 Å². The highest BCUT2D eigenvalue weighted by atomic mass is 32.1. The number of benzene rings is 1. The largest absolute Gasteiger partial charge is 0.326 e. The van der Waals surface area contributed by atoms with Crippen LogP contribution in [0.3, 0.4) is 0 Å². The molecule has 0 unspecified atom stereocenters. The maximum atomic E-state index is 10.9. The molecule has 0 aliphatic heterocycles. The van der Waals surface area contributed by atoms with Crippen molar-refractivity contribution in [1.29, 1.82) is 0 Å². The van der Waals surface area contributed by atoms with E-state index in [1.165, 1.54) is 16.9 Å². The van der Waals surface area contributed by atoms with Gasteiger partial charge in [0, 0.05) is 30.7 Å². The van der Waals surface area contributed by atoms with Crippen LogP contribution in [0.5, 0.6) is 0 Å². The zero-order valence-corrected chi connectivity index (χ0v) is 10.2. The van der Waals surface area contributed by atoms with Crippen LogP contribution in [0.2, 0.25) is 0 Å². The molecular weight excluding hydrogens is 234 g/mol. The Morgan fingerprint density at radius 2 is 1.88 bits per heavy atom. The molecule has 0 bridgehead atoms. The Balaban J connectivity index is 1.83. The molecule has 2 aromatic rings. The third-order valence-corrected chi connectivity index (χ3v) is 3.19. The maximum Gasteiger partial charge on any atom is 0.304 e. The topological polar surface area (TPSA) is 70.9 Å². The maximum absolute atomic E-state index is 10.9. The number of nitrogens with two attached hydrogens (primary N) is 1. The number of aromatic nitrogens is 1. The van der Waals surface area contributed by atoms with Crippen molar-refractivity contribution in [3.05, 3.63) is 56.1 Å². The zero-order valence-electron chi connectivity index (χ0n) is 9.40. The van der Waals surface area contributed by atoms with E-state index >= 15 is 0 Å². The molecular formula is C12H15N3OS. The van der Waals surface area contributed by atoms with Crippen molar-refractivity contribution < 1.29 is 0 Å². The average molecular weight is 249 g/mol. The second-order valence-corrected chi connectivity index (χ2v) is 4.64. The molecule has 1 heterocycles. The fraction of sp³-hybridized carbons (Fsp3) is 0.250. The molecule has 4 N–H and O–H groups in total. The third kappa shape index (κ3) is 3.52. The van der Waals surface area contributed by atoms with Crippen LogP contribution >= 0.6 is 11.3 Å². The van der Waals surface area contributed by atoms with Crippen LogP contribution < -0.4 is 15.9 Å². The lowest BCUT2D eigenvalue weighted by atomic mass is 10.1. The summed E-state index contributed by atoms with van der Waals surface area (Å²) in [4.78, 5) is 13.7. The summed E-state index contributed by atoms with van der Waals surface area (Å²) in [6, 6.07) is 8.18. The molecule has 0 radical (unpaired) electrons. The number of hydrogen-bond donors (Lipinski definition) is 3. The normalized spacial score (nSPS) is 10.6. The Morgan fingerprint density at radius 1 is 1.18 bits per heavy atom. The van der Waals surface area contributed by atoms with E-state index in [-0.39, 0.29) is 4.87 Å². The minimum absolute atomic E-state index is 0.00546. The molecule has 0 aliphatic rings. The van der Waals surface area contributed by atoms with Gasteiger partial charge in [0.1, 0.15) is 0 Å². The standard InChI is InChI=1S/C12H15N3OS/c13-5-9-1-3-10(4-2-9)6-14-7-11-8-17-12(16)15-11/h1-4,8,14H,5-7,13H2,(H,15,16). The van der Waals surface area contributed by atoms with Gasteiger partial charge in [-0.3, -0.25) is 4.79 Å². The summed E-state index contributed by atoms with van der Waals surface area (Å²) in [6.45, 7) is 2.03. The van der Waals surface area contributed by atoms with Gasteiger partial charge in [-0.05, 0) is 11.1 Å². The smallest absolute Gasteiger partial charge is 0.304 e. The Hall–Kier alpha value is -1.43. The molecule has 1 aromatic heterocycles. The van der Waals surface area contributed by atoms with Crippen molar-refractivity contribution in [3.63, 3.8) is 0 Å². The van der Waals surface area contributed by atoms with Crippen LogP contribution in [-0.4, -0.2) is 4.98 Å². The monoisotopic (exact) mass is 249 g/mol. The first kappa shape index (κ1) is 12.0. The van der Waals surface area contributed by atoms with Gasteiger partial charge in [0.25, 0.3) is 0 Å². The second-order valence-electron chi connectivity index (χ2n) is 3.80. The Bertz CT molecular complexity index is 515. The molecule has 0 spiro atoms. The van der Waals surface area contributed by atoms with E-state index in [0.717, 1.165) is 17.8 Å². The minimum Gasteiger partial charge on any atom is -0.326 e. The van der Waals surface area contributed by atoms with Crippen LogP contribution in [0.25, 0.3) is 0 Å². The molecule has 17 heavy (non-hydrogen) atoms. The summed E-state index contributed by atoms with van der Waals surface area (Å²) in [5.41, 5.74) is 8.80. The third-order valence-electron chi connectivity index (χ3n) is 2.47. The summed E-state index contributed by atoms with van der Waals surface area (Å²) in [6.07, 6.45) is 0. The summed E-state index contributed by atoms with van der Waals surface area (Å²) >= 11 is 1.19. The van der Waals surface area contributed by atoms with Gasteiger partial charge in [-0.2, -0.15) is 0 Å². The van der Waals surface area contributed by atoms with E-state index in [1.54, 1.807) is 0 Å². The van der Waals surface area contributed by atoms with E-state index in [0.29, 0.717) is 13.1 Å². The first-order chi connectivity index (χ1) is 8.28. The molecule has 4 nitrogen and oxygen atoms in total. The van der Waals surface area contributed by atoms with Gasteiger partial charge >= 0.3 is 4.87 Å². The van der Waals surface area contributed by atoms with Crippen LogP contribution in [0.4, 0.5) is 0 Å². The molecule has 2 rings (SSSR count). The number of thiazole rings is 1. The Kier molecular flexibility index (Phi) is 4.08. The van der Waals surface area contributed by atoms with Crippen LogP contribution in [0, 0.1) is 0 Å². The minimum atomic E-state index is -0.00546. The van der Waals surface area contributed by atoms with Gasteiger partial charge in [-0.1, -0.05) is 35.6 Å². The van der Waals surface area contributed by atoms with Gasteiger partial charge in [0.2, 0.25) is 0 Å². The zero-order chi connectivity index (χ0) is 12.1. The highest BCUT2D eigenvalue weighted by Gasteiger charge is 1.97. The summed E-state index contributed by atoms with van der Waals surface area (Å²) in [5, 5.41) is 5.11. The quantitative estimate of drug-likeness (QED) is 0.745. The molecule has 0 saturated carbocycles. The Labute approximate surface area is 103 Å². The van der Waals surface area contributed by atoms with Gasteiger partial charge < -0.3 is 16.0 Å². The van der Waals surface area contributed by atoms with Gasteiger partial charge in [-0.15, -0.1) is 0 Å². The first-order valence-electron chi connectivity index (χ1n) is 5.43. The van der Waals surface area contributed by atoms with Crippen molar-refractivity contribution in [2.75, 3.05) is 0 Å². The van der Waals surface area contributed by atoms with Crippen molar-refractivity contribution in [2.24, 2.45) is 5.73 Å². The number of H-pyrrole nitrogens is 1. The Morgan fingerprint density at radius 3 is 2.47 bits per heavy atom. The SMILES string of the molecule is NCc1ccc(CNCc2csc(=O)[nH]2)cc1. The number of hydrogen-bond acceptors (Lipinski definition) is 4. The predicted octanol–water partition coefficient (Wildman–Crippen LogP) is 1.18. The van der Waals surface area contributed by atoms with Crippen molar-refractivity contribution in [3.8, 4) is 0 Å². The summed E-state index contributed by atoms with van der Waals surface area (Å²) in [5.74, 6) is 0. The van der Waals surface area contributed by atoms with E-state index in [9.17, 15) is 4.79 Å². The number of rotatable bonds is 5. The van der Waals surface area contributed by atoms with Gasteiger partial charge in [0.05, 0.1) is 0 Å². The van der Waals surface area contributed by atoms with Crippen molar-refractivity contribution >= 4 is 11.3 Å². The second kappa shape index (κ2) is 5.77. The lowest BCUT2D eigenvalue weighted by molar-refractivity contribution is 0.681. The molecule has 0 amide bonds.